The molecule has 10 heteroatoms. The number of hydrogen-bond acceptors (Lipinski definition) is 5. The minimum Gasteiger partial charge on any atom is -0.449 e. The van der Waals surface area contributed by atoms with Gasteiger partial charge in [-0.15, -0.1) is 0 Å². The van der Waals surface area contributed by atoms with Crippen LogP contribution < -0.4 is 15.5 Å². The Hall–Kier alpha value is -3.56. The summed E-state index contributed by atoms with van der Waals surface area (Å²) in [5.74, 6) is -7.06. The molecule has 0 aliphatic rings. The van der Waals surface area contributed by atoms with Crippen molar-refractivity contribution in [3.8, 4) is 0 Å². The number of anilines is 2. The van der Waals surface area contributed by atoms with E-state index < -0.39 is 53.6 Å². The second kappa shape index (κ2) is 9.77. The van der Waals surface area contributed by atoms with Crippen LogP contribution >= 0.6 is 0 Å². The zero-order chi connectivity index (χ0) is 22.4. The van der Waals surface area contributed by atoms with Gasteiger partial charge in [0.1, 0.15) is 0 Å². The number of nitrogens with zero attached hydrogens (tertiary/aromatic N) is 1. The zero-order valence-corrected chi connectivity index (χ0v) is 16.5. The molecule has 0 heterocycles. The van der Waals surface area contributed by atoms with Gasteiger partial charge in [-0.05, 0) is 37.3 Å². The number of carbonyl (C=O) groups excluding carboxylic acids is 3. The lowest BCUT2D eigenvalue weighted by molar-refractivity contribution is -0.130. The maximum absolute atomic E-state index is 13.6. The molecule has 0 aliphatic carbocycles. The number of carbonyl (C=O) groups is 3. The average molecular weight is 423 g/mol. The second-order valence-corrected chi connectivity index (χ2v) is 6.48. The van der Waals surface area contributed by atoms with Crippen LogP contribution in [0.2, 0.25) is 0 Å². The number of rotatable bonds is 7. The van der Waals surface area contributed by atoms with Gasteiger partial charge in [0.15, 0.2) is 23.6 Å². The first-order valence-corrected chi connectivity index (χ1v) is 8.79. The Labute approximate surface area is 170 Å². The van der Waals surface area contributed by atoms with Crippen LogP contribution in [0.15, 0.2) is 36.4 Å². The zero-order valence-electron chi connectivity index (χ0n) is 16.5. The Morgan fingerprint density at radius 2 is 1.77 bits per heavy atom. The first-order valence-electron chi connectivity index (χ1n) is 8.79. The van der Waals surface area contributed by atoms with Gasteiger partial charge in [0.05, 0.1) is 17.8 Å². The molecular weight excluding hydrogens is 403 g/mol. The molecule has 1 atom stereocenters. The third kappa shape index (κ3) is 5.72. The topological polar surface area (TPSA) is 87.7 Å². The fraction of sp³-hybridized carbons (Fsp3) is 0.250. The van der Waals surface area contributed by atoms with Gasteiger partial charge >= 0.3 is 5.97 Å². The van der Waals surface area contributed by atoms with Gasteiger partial charge in [0.2, 0.25) is 5.91 Å². The summed E-state index contributed by atoms with van der Waals surface area (Å²) in [5.41, 5.74) is 0.434. The van der Waals surface area contributed by atoms with Crippen molar-refractivity contribution in [2.75, 3.05) is 30.9 Å². The van der Waals surface area contributed by atoms with Crippen LogP contribution in [0.5, 0.6) is 0 Å². The Kier molecular flexibility index (Phi) is 7.40. The van der Waals surface area contributed by atoms with Crippen molar-refractivity contribution < 1.29 is 32.3 Å². The lowest BCUT2D eigenvalue weighted by Crippen LogP contribution is -2.40. The quantitative estimate of drug-likeness (QED) is 0.528. The Balaban J connectivity index is 1.88. The number of nitrogens with one attached hydrogen (secondary N) is 2. The van der Waals surface area contributed by atoms with Crippen molar-refractivity contribution in [2.24, 2.45) is 0 Å². The Bertz CT molecular complexity index is 966. The van der Waals surface area contributed by atoms with Crippen molar-refractivity contribution >= 4 is 29.2 Å². The van der Waals surface area contributed by atoms with Gasteiger partial charge in [-0.25, -0.2) is 18.0 Å². The minimum atomic E-state index is -1.73. The third-order valence-corrected chi connectivity index (χ3v) is 3.98. The Morgan fingerprint density at radius 1 is 1.07 bits per heavy atom. The number of amides is 2. The SMILES string of the molecule is CC(OC(=O)c1cccc(N(C)C)c1)C(=O)NCC(=O)Nc1ccc(F)c(F)c1F. The molecule has 0 aliphatic heterocycles. The van der Waals surface area contributed by atoms with E-state index in [1.54, 1.807) is 37.2 Å². The molecule has 0 radical (unpaired) electrons. The molecule has 0 fully saturated rings. The summed E-state index contributed by atoms with van der Waals surface area (Å²) in [5, 5.41) is 4.22. The number of hydrogen-bond donors (Lipinski definition) is 2. The van der Waals surface area contributed by atoms with E-state index in [0.717, 1.165) is 11.8 Å². The molecule has 2 aromatic carbocycles. The number of esters is 1. The van der Waals surface area contributed by atoms with Gasteiger partial charge in [-0.2, -0.15) is 0 Å². The number of ether oxygens (including phenoxy) is 1. The maximum Gasteiger partial charge on any atom is 0.338 e. The van der Waals surface area contributed by atoms with E-state index in [-0.39, 0.29) is 5.56 Å². The van der Waals surface area contributed by atoms with Gasteiger partial charge in [0, 0.05) is 19.8 Å². The molecule has 0 spiro atoms. The monoisotopic (exact) mass is 423 g/mol. The van der Waals surface area contributed by atoms with E-state index in [2.05, 4.69) is 5.32 Å². The summed E-state index contributed by atoms with van der Waals surface area (Å²) < 4.78 is 44.7. The average Bonchev–Trinajstić information content (AvgIpc) is 2.72. The van der Waals surface area contributed by atoms with Gasteiger partial charge in [-0.3, -0.25) is 9.59 Å². The summed E-state index contributed by atoms with van der Waals surface area (Å²) in [6, 6.07) is 8.08. The highest BCUT2D eigenvalue weighted by molar-refractivity contribution is 5.96. The van der Waals surface area contributed by atoms with E-state index in [1.165, 1.54) is 13.0 Å². The van der Waals surface area contributed by atoms with Gasteiger partial charge < -0.3 is 20.3 Å². The van der Waals surface area contributed by atoms with Gasteiger partial charge in [-0.1, -0.05) is 6.07 Å². The third-order valence-electron chi connectivity index (χ3n) is 3.98. The molecule has 7 nitrogen and oxygen atoms in total. The predicted octanol–water partition coefficient (Wildman–Crippen LogP) is 2.47. The standard InChI is InChI=1S/C20H20F3N3O4/c1-11(30-20(29)12-5-4-6-13(9-12)26(2)3)19(28)24-10-16(27)25-15-8-7-14(21)17(22)18(15)23/h4-9,11H,10H2,1-3H3,(H,24,28)(H,25,27). The van der Waals surface area contributed by atoms with E-state index in [1.807, 2.05) is 5.32 Å². The van der Waals surface area contributed by atoms with Crippen LogP contribution in [-0.4, -0.2) is 44.5 Å². The maximum atomic E-state index is 13.6. The van der Waals surface area contributed by atoms with E-state index in [0.29, 0.717) is 6.07 Å². The fourth-order valence-electron chi connectivity index (χ4n) is 2.32. The summed E-state index contributed by atoms with van der Waals surface area (Å²) in [6.07, 6.45) is -1.21. The normalized spacial score (nSPS) is 11.4. The first-order chi connectivity index (χ1) is 14.1. The minimum absolute atomic E-state index is 0.243. The highest BCUT2D eigenvalue weighted by Crippen LogP contribution is 2.19. The van der Waals surface area contributed by atoms with Crippen LogP contribution in [0.1, 0.15) is 17.3 Å². The van der Waals surface area contributed by atoms with Crippen LogP contribution in [0.4, 0.5) is 24.5 Å². The second-order valence-electron chi connectivity index (χ2n) is 6.48. The molecule has 1 unspecified atom stereocenters. The predicted molar refractivity (Wildman–Crippen MR) is 104 cm³/mol. The lowest BCUT2D eigenvalue weighted by Gasteiger charge is -2.15. The first kappa shape index (κ1) is 22.7. The summed E-state index contributed by atoms with van der Waals surface area (Å²) in [6.45, 7) is 0.714. The fourth-order valence-corrected chi connectivity index (χ4v) is 2.32. The number of benzene rings is 2. The molecule has 2 N–H and O–H groups in total. The van der Waals surface area contributed by atoms with Crippen molar-refractivity contribution in [2.45, 2.75) is 13.0 Å². The summed E-state index contributed by atoms with van der Waals surface area (Å²) >= 11 is 0. The number of halogens is 3. The Morgan fingerprint density at radius 3 is 2.43 bits per heavy atom. The smallest absolute Gasteiger partial charge is 0.338 e. The van der Waals surface area contributed by atoms with Crippen LogP contribution in [0, 0.1) is 17.5 Å². The molecule has 0 bridgehead atoms. The molecule has 0 saturated carbocycles. The van der Waals surface area contributed by atoms with E-state index in [4.69, 9.17) is 4.74 Å². The van der Waals surface area contributed by atoms with E-state index in [9.17, 15) is 27.6 Å². The highest BCUT2D eigenvalue weighted by atomic mass is 19.2. The van der Waals surface area contributed by atoms with Crippen molar-refractivity contribution in [1.29, 1.82) is 0 Å². The molecule has 2 rings (SSSR count). The molecule has 30 heavy (non-hydrogen) atoms. The molecular formula is C20H20F3N3O4. The molecule has 0 saturated heterocycles. The van der Waals surface area contributed by atoms with Gasteiger partial charge in [0.25, 0.3) is 5.91 Å². The molecule has 160 valence electrons. The largest absolute Gasteiger partial charge is 0.449 e. The highest BCUT2D eigenvalue weighted by Gasteiger charge is 2.20. The van der Waals surface area contributed by atoms with Crippen molar-refractivity contribution in [1.82, 2.24) is 5.32 Å². The summed E-state index contributed by atoms with van der Waals surface area (Å²) in [7, 11) is 3.61. The van der Waals surface area contributed by atoms with E-state index >= 15 is 0 Å². The lowest BCUT2D eigenvalue weighted by atomic mass is 10.2. The molecule has 2 aromatic rings. The van der Waals surface area contributed by atoms with Crippen LogP contribution in [0.25, 0.3) is 0 Å². The van der Waals surface area contributed by atoms with Crippen molar-refractivity contribution in [3.63, 3.8) is 0 Å². The molecule has 2 amide bonds. The molecule has 0 aromatic heterocycles. The van der Waals surface area contributed by atoms with Crippen LogP contribution in [0.3, 0.4) is 0 Å². The van der Waals surface area contributed by atoms with Crippen LogP contribution in [-0.2, 0) is 14.3 Å². The summed E-state index contributed by atoms with van der Waals surface area (Å²) in [4.78, 5) is 37.9. The van der Waals surface area contributed by atoms with Crippen molar-refractivity contribution in [3.05, 3.63) is 59.4 Å².